The first-order chi connectivity index (χ1) is 16.4. The zero-order valence-corrected chi connectivity index (χ0v) is 19.4. The lowest BCUT2D eigenvalue weighted by Crippen LogP contribution is -2.25. The summed E-state index contributed by atoms with van der Waals surface area (Å²) in [4.78, 5) is 14.8. The molecule has 1 N–H and O–H groups in total. The molecule has 4 aliphatic rings. The molecule has 5 atom stereocenters. The highest BCUT2D eigenvalue weighted by Crippen LogP contribution is 2.56. The van der Waals surface area contributed by atoms with Crippen molar-refractivity contribution in [2.24, 2.45) is 11.8 Å². The third kappa shape index (κ3) is 3.70. The second-order valence-corrected chi connectivity index (χ2v) is 10.8. The van der Waals surface area contributed by atoms with Crippen LogP contribution in [0.5, 0.6) is 5.75 Å². The Morgan fingerprint density at radius 1 is 1.26 bits per heavy atom. The fourth-order valence-corrected chi connectivity index (χ4v) is 6.92. The van der Waals surface area contributed by atoms with Crippen molar-refractivity contribution in [2.45, 2.75) is 44.1 Å². The van der Waals surface area contributed by atoms with Gasteiger partial charge in [-0.05, 0) is 85.9 Å². The van der Waals surface area contributed by atoms with E-state index in [1.54, 1.807) is 12.1 Å². The molecule has 1 saturated carbocycles. The smallest absolute Gasteiger partial charge is 0.341 e. The molecule has 0 amide bonds. The summed E-state index contributed by atoms with van der Waals surface area (Å²) < 4.78 is 46.2. The summed E-state index contributed by atoms with van der Waals surface area (Å²) in [5, 5.41) is 10.1. The molecule has 0 spiro atoms. The van der Waals surface area contributed by atoms with Crippen LogP contribution < -0.4 is 9.04 Å². The first-order valence-electron chi connectivity index (χ1n) is 11.9. The van der Waals surface area contributed by atoms with Gasteiger partial charge in [0, 0.05) is 18.5 Å². The van der Waals surface area contributed by atoms with Gasteiger partial charge in [-0.3, -0.25) is 8.51 Å². The maximum absolute atomic E-state index is 14.3. The van der Waals surface area contributed by atoms with E-state index in [1.165, 1.54) is 31.0 Å². The highest BCUT2D eigenvalue weighted by atomic mass is 32.2. The number of nitrogens with zero attached hydrogens (tertiary/aromatic N) is 2. The second kappa shape index (κ2) is 8.32. The van der Waals surface area contributed by atoms with Crippen LogP contribution in [0.1, 0.15) is 53.1 Å². The molecular weight excluding hydrogens is 459 g/mol. The molecule has 3 heterocycles. The number of carboxylic acid groups (broad SMARTS) is 1. The monoisotopic (exact) mass is 485 g/mol. The summed E-state index contributed by atoms with van der Waals surface area (Å²) in [5.41, 5.74) is 1.51. The zero-order chi connectivity index (χ0) is 23.6. The Labute approximate surface area is 199 Å². The van der Waals surface area contributed by atoms with E-state index in [9.17, 15) is 23.1 Å². The maximum atomic E-state index is 14.3. The second-order valence-electron chi connectivity index (χ2n) is 9.98. The van der Waals surface area contributed by atoms with E-state index in [4.69, 9.17) is 4.74 Å². The molecule has 6 rings (SSSR count). The average molecular weight is 486 g/mol. The van der Waals surface area contributed by atoms with Crippen molar-refractivity contribution in [1.29, 1.82) is 0 Å². The Morgan fingerprint density at radius 2 is 2.09 bits per heavy atom. The predicted molar refractivity (Wildman–Crippen MR) is 124 cm³/mol. The first-order valence-corrected chi connectivity index (χ1v) is 12.9. The van der Waals surface area contributed by atoms with Gasteiger partial charge in [0.05, 0.1) is 29.2 Å². The van der Waals surface area contributed by atoms with Crippen molar-refractivity contribution in [3.05, 3.63) is 52.8 Å². The molecule has 180 valence electrons. The third-order valence-corrected chi connectivity index (χ3v) is 8.57. The molecule has 34 heavy (non-hydrogen) atoms. The van der Waals surface area contributed by atoms with Crippen LogP contribution in [-0.4, -0.2) is 50.5 Å². The van der Waals surface area contributed by atoms with Crippen molar-refractivity contribution >= 4 is 28.6 Å². The van der Waals surface area contributed by atoms with E-state index in [0.29, 0.717) is 36.5 Å². The van der Waals surface area contributed by atoms with Gasteiger partial charge in [-0.15, -0.1) is 0 Å². The van der Waals surface area contributed by atoms with Gasteiger partial charge in [-0.2, -0.15) is 0 Å². The highest BCUT2D eigenvalue weighted by Gasteiger charge is 2.46. The fraction of sp³-hybridized carbons (Fsp3) is 0.480. The molecule has 1 aliphatic carbocycles. The van der Waals surface area contributed by atoms with Crippen LogP contribution in [0, 0.1) is 17.7 Å². The molecule has 2 aromatic rings. The molecule has 2 aromatic carbocycles. The van der Waals surface area contributed by atoms with E-state index < -0.39 is 23.1 Å². The molecule has 7 nitrogen and oxygen atoms in total. The Bertz CT molecular complexity index is 1180. The van der Waals surface area contributed by atoms with Gasteiger partial charge in [-0.25, -0.2) is 9.18 Å². The van der Waals surface area contributed by atoms with E-state index in [0.717, 1.165) is 35.8 Å². The highest BCUT2D eigenvalue weighted by molar-refractivity contribution is 7.81. The standard InChI is InChI=1S/C25H27FN2O5S/c26-17-3-5-21(15(10-17)8-14-9-18-2-1-7-27(18)12-14)28(34(31)32)22-6-4-19-20-11-16(20)13-33-24(19)23(22)25(29)30/h3-6,10,14,16,18,20H,1-2,7-9,11-13H2,(H,29,30)(H,31,32)/p-1/t14?,16-,18?,20-/m0/s1. The van der Waals surface area contributed by atoms with E-state index in [2.05, 4.69) is 4.90 Å². The fourth-order valence-electron chi connectivity index (χ4n) is 6.27. The van der Waals surface area contributed by atoms with Gasteiger partial charge >= 0.3 is 5.97 Å². The summed E-state index contributed by atoms with van der Waals surface area (Å²) in [6.07, 6.45) is 4.85. The number of fused-ring (bicyclic) bond motifs is 4. The minimum absolute atomic E-state index is 0.0126. The molecule has 3 aliphatic heterocycles. The van der Waals surface area contributed by atoms with Gasteiger partial charge < -0.3 is 19.3 Å². The predicted octanol–water partition coefficient (Wildman–Crippen LogP) is 3.98. The number of rotatable bonds is 6. The van der Waals surface area contributed by atoms with Gasteiger partial charge in [0.15, 0.2) is 0 Å². The van der Waals surface area contributed by atoms with Crippen molar-refractivity contribution in [1.82, 2.24) is 4.90 Å². The van der Waals surface area contributed by atoms with E-state index in [-0.39, 0.29) is 28.6 Å². The SMILES string of the molecule is O=C(O)c1c(N(c2ccc(F)cc2CC2CC3CCCN3C2)S(=O)[O-])ccc2c1OC[C@@H]1C[C@H]21. The first kappa shape index (κ1) is 22.0. The van der Waals surface area contributed by atoms with Gasteiger partial charge in [0.2, 0.25) is 0 Å². The lowest BCUT2D eigenvalue weighted by Gasteiger charge is -2.31. The number of hydrogen-bond donors (Lipinski definition) is 1. The summed E-state index contributed by atoms with van der Waals surface area (Å²) in [7, 11) is 0. The minimum Gasteiger partial charge on any atom is -0.755 e. The van der Waals surface area contributed by atoms with E-state index >= 15 is 0 Å². The van der Waals surface area contributed by atoms with Crippen LogP contribution in [-0.2, 0) is 17.7 Å². The van der Waals surface area contributed by atoms with Crippen LogP contribution in [0.25, 0.3) is 0 Å². The summed E-state index contributed by atoms with van der Waals surface area (Å²) in [6.45, 7) is 2.42. The number of aromatic carboxylic acids is 1. The molecule has 2 saturated heterocycles. The molecule has 0 bridgehead atoms. The quantitative estimate of drug-likeness (QED) is 0.623. The zero-order valence-electron chi connectivity index (χ0n) is 18.6. The largest absolute Gasteiger partial charge is 0.755 e. The number of carboxylic acids is 1. The lowest BCUT2D eigenvalue weighted by molar-refractivity contribution is 0.0692. The molecule has 3 fully saturated rings. The maximum Gasteiger partial charge on any atom is 0.341 e. The Morgan fingerprint density at radius 3 is 2.85 bits per heavy atom. The Kier molecular flexibility index (Phi) is 5.38. The van der Waals surface area contributed by atoms with Crippen LogP contribution in [0.3, 0.4) is 0 Å². The molecule has 9 heteroatoms. The van der Waals surface area contributed by atoms with Crippen molar-refractivity contribution < 1.29 is 27.8 Å². The minimum atomic E-state index is -2.82. The molecule has 0 radical (unpaired) electrons. The van der Waals surface area contributed by atoms with Crippen molar-refractivity contribution in [2.75, 3.05) is 24.0 Å². The summed E-state index contributed by atoms with van der Waals surface area (Å²) in [6, 6.07) is 7.89. The molecular formula is C25H26FN2O5S-. The van der Waals surface area contributed by atoms with Crippen LogP contribution in [0.15, 0.2) is 30.3 Å². The Balaban J connectivity index is 1.41. The third-order valence-electron chi connectivity index (χ3n) is 7.88. The lowest BCUT2D eigenvalue weighted by atomic mass is 9.94. The summed E-state index contributed by atoms with van der Waals surface area (Å²) in [5.74, 6) is -0.484. The number of hydrogen-bond acceptors (Lipinski definition) is 5. The topological polar surface area (TPSA) is 93.1 Å². The van der Waals surface area contributed by atoms with Crippen molar-refractivity contribution in [3.63, 3.8) is 0 Å². The molecule has 3 unspecified atom stereocenters. The number of carbonyl (C=O) groups is 1. The average Bonchev–Trinajstić information content (AvgIpc) is 3.31. The van der Waals surface area contributed by atoms with Crippen LogP contribution in [0.2, 0.25) is 0 Å². The van der Waals surface area contributed by atoms with E-state index in [1.807, 2.05) is 0 Å². The van der Waals surface area contributed by atoms with Crippen molar-refractivity contribution in [3.8, 4) is 5.75 Å². The van der Waals surface area contributed by atoms with Crippen LogP contribution >= 0.6 is 0 Å². The van der Waals surface area contributed by atoms with Gasteiger partial charge in [-0.1, -0.05) is 6.07 Å². The van der Waals surface area contributed by atoms with Crippen LogP contribution in [0.4, 0.5) is 15.8 Å². The number of anilines is 2. The normalized spacial score (nSPS) is 27.9. The van der Waals surface area contributed by atoms with Gasteiger partial charge in [0.1, 0.15) is 17.1 Å². The number of ether oxygens (including phenoxy) is 1. The molecule has 0 aromatic heterocycles. The Hall–Kier alpha value is -2.49. The van der Waals surface area contributed by atoms with Gasteiger partial charge in [0.25, 0.3) is 0 Å². The number of halogens is 1. The summed E-state index contributed by atoms with van der Waals surface area (Å²) >= 11 is -2.82. The number of benzene rings is 2.